The van der Waals surface area contributed by atoms with E-state index in [1.165, 1.54) is 0 Å². The van der Waals surface area contributed by atoms with Crippen LogP contribution in [0.25, 0.3) is 22.5 Å². The van der Waals surface area contributed by atoms with Crippen LogP contribution < -0.4 is 15.2 Å². The molecule has 0 fully saturated rings. The van der Waals surface area contributed by atoms with Crippen LogP contribution in [0.2, 0.25) is 0 Å². The van der Waals surface area contributed by atoms with E-state index < -0.39 is 10.2 Å². The van der Waals surface area contributed by atoms with E-state index >= 15 is 0 Å². The average molecular weight is 520 g/mol. The molecule has 1 heterocycles. The van der Waals surface area contributed by atoms with Gasteiger partial charge in [-0.2, -0.15) is 13.4 Å². The standard InChI is InChI=1S/C27H29N5O4S/c28-37(34,35)30-17-8-7-16-24(29-19-25(33)21-12-5-2-6-13-21)27-31-26(32-36-27)23-15-9-14-22(18-23)20-10-3-1-4-11-20/h1-6,9-15,18,24,29-30H,7-8,16-17,19H2,(H2,28,34,35). The quantitative estimate of drug-likeness (QED) is 0.180. The first kappa shape index (κ1) is 26.4. The van der Waals surface area contributed by atoms with Gasteiger partial charge in [0, 0.05) is 17.7 Å². The average Bonchev–Trinajstić information content (AvgIpc) is 3.41. The van der Waals surface area contributed by atoms with E-state index in [1.54, 1.807) is 12.1 Å². The van der Waals surface area contributed by atoms with Crippen LogP contribution in [-0.2, 0) is 10.2 Å². The summed E-state index contributed by atoms with van der Waals surface area (Å²) in [6, 6.07) is 26.5. The van der Waals surface area contributed by atoms with Crippen molar-refractivity contribution in [2.24, 2.45) is 5.14 Å². The molecule has 3 aromatic carbocycles. The van der Waals surface area contributed by atoms with Crippen molar-refractivity contribution in [3.05, 3.63) is 96.4 Å². The first-order valence-electron chi connectivity index (χ1n) is 12.0. The number of ketones is 1. The van der Waals surface area contributed by atoms with Crippen molar-refractivity contribution in [2.75, 3.05) is 13.1 Å². The summed E-state index contributed by atoms with van der Waals surface area (Å²) < 4.78 is 30.1. The molecule has 4 aromatic rings. The SMILES string of the molecule is NS(=O)(=O)NCCCCC(NCC(=O)c1ccccc1)c1nc(-c2cccc(-c3ccccc3)c2)no1. The predicted octanol–water partition coefficient (Wildman–Crippen LogP) is 3.88. The van der Waals surface area contributed by atoms with Crippen LogP contribution in [-0.4, -0.2) is 37.4 Å². The normalized spacial score (nSPS) is 12.4. The lowest BCUT2D eigenvalue weighted by Crippen LogP contribution is -2.31. The number of aromatic nitrogens is 2. The third-order valence-electron chi connectivity index (χ3n) is 5.80. The Bertz CT molecular complexity index is 1410. The lowest BCUT2D eigenvalue weighted by atomic mass is 10.0. The molecule has 0 amide bonds. The zero-order valence-corrected chi connectivity index (χ0v) is 21.0. The molecule has 0 spiro atoms. The number of hydrogen-bond acceptors (Lipinski definition) is 7. The molecule has 1 atom stereocenters. The monoisotopic (exact) mass is 519 g/mol. The number of nitrogens with two attached hydrogens (primary N) is 1. The molecule has 0 aliphatic rings. The van der Waals surface area contributed by atoms with Gasteiger partial charge >= 0.3 is 0 Å². The van der Waals surface area contributed by atoms with Crippen LogP contribution in [0.5, 0.6) is 0 Å². The summed E-state index contributed by atoms with van der Waals surface area (Å²) in [6.45, 7) is 0.307. The maximum atomic E-state index is 12.6. The van der Waals surface area contributed by atoms with E-state index in [0.29, 0.717) is 36.5 Å². The Morgan fingerprint density at radius 2 is 1.57 bits per heavy atom. The highest BCUT2D eigenvalue weighted by molar-refractivity contribution is 7.87. The van der Waals surface area contributed by atoms with Crippen molar-refractivity contribution in [2.45, 2.75) is 25.3 Å². The number of unbranched alkanes of at least 4 members (excludes halogenated alkanes) is 1. The molecule has 0 bridgehead atoms. The topological polar surface area (TPSA) is 140 Å². The third kappa shape index (κ3) is 7.89. The Balaban J connectivity index is 1.47. The van der Waals surface area contributed by atoms with Gasteiger partial charge in [0.05, 0.1) is 12.6 Å². The molecule has 0 saturated carbocycles. The summed E-state index contributed by atoms with van der Waals surface area (Å²) in [5.41, 5.74) is 3.54. The fourth-order valence-electron chi connectivity index (χ4n) is 3.91. The van der Waals surface area contributed by atoms with Gasteiger partial charge in [-0.05, 0) is 30.0 Å². The van der Waals surface area contributed by atoms with Crippen molar-refractivity contribution >= 4 is 16.0 Å². The van der Waals surface area contributed by atoms with Crippen LogP contribution in [0.15, 0.2) is 89.5 Å². The van der Waals surface area contributed by atoms with E-state index in [4.69, 9.17) is 9.66 Å². The fraction of sp³-hybridized carbons (Fsp3) is 0.222. The molecule has 4 N–H and O–H groups in total. The third-order valence-corrected chi connectivity index (χ3v) is 6.40. The lowest BCUT2D eigenvalue weighted by molar-refractivity contribution is 0.0984. The lowest BCUT2D eigenvalue weighted by Gasteiger charge is -2.14. The summed E-state index contributed by atoms with van der Waals surface area (Å²) in [4.78, 5) is 17.3. The number of nitrogens with one attached hydrogen (secondary N) is 2. The van der Waals surface area contributed by atoms with Crippen molar-refractivity contribution in [1.29, 1.82) is 0 Å². The largest absolute Gasteiger partial charge is 0.337 e. The molecule has 1 aromatic heterocycles. The van der Waals surface area contributed by atoms with Crippen molar-refractivity contribution in [3.8, 4) is 22.5 Å². The van der Waals surface area contributed by atoms with Gasteiger partial charge in [0.2, 0.25) is 11.7 Å². The Morgan fingerprint density at radius 3 is 2.30 bits per heavy atom. The highest BCUT2D eigenvalue weighted by atomic mass is 32.2. The van der Waals surface area contributed by atoms with Gasteiger partial charge < -0.3 is 4.52 Å². The second-order valence-electron chi connectivity index (χ2n) is 8.56. The Morgan fingerprint density at radius 1 is 0.892 bits per heavy atom. The zero-order valence-electron chi connectivity index (χ0n) is 20.2. The van der Waals surface area contributed by atoms with Crippen molar-refractivity contribution < 1.29 is 17.7 Å². The zero-order chi connectivity index (χ0) is 26.1. The smallest absolute Gasteiger partial charge is 0.274 e. The van der Waals surface area contributed by atoms with E-state index in [2.05, 4.69) is 20.2 Å². The number of benzene rings is 3. The minimum absolute atomic E-state index is 0.0585. The second kappa shape index (κ2) is 12.5. The summed E-state index contributed by atoms with van der Waals surface area (Å²) >= 11 is 0. The van der Waals surface area contributed by atoms with Crippen molar-refractivity contribution in [1.82, 2.24) is 20.2 Å². The van der Waals surface area contributed by atoms with Gasteiger partial charge in [-0.25, -0.2) is 9.86 Å². The summed E-state index contributed by atoms with van der Waals surface area (Å²) in [6.07, 6.45) is 1.75. The molecular weight excluding hydrogens is 490 g/mol. The molecule has 0 aliphatic heterocycles. The minimum Gasteiger partial charge on any atom is -0.337 e. The molecule has 37 heavy (non-hydrogen) atoms. The van der Waals surface area contributed by atoms with E-state index in [0.717, 1.165) is 16.7 Å². The number of hydrogen-bond donors (Lipinski definition) is 3. The summed E-state index contributed by atoms with van der Waals surface area (Å²) in [5, 5.41) is 12.4. The van der Waals surface area contributed by atoms with Gasteiger partial charge in [0.25, 0.3) is 10.2 Å². The Hall–Kier alpha value is -3.70. The Labute approximate surface area is 216 Å². The maximum absolute atomic E-state index is 12.6. The first-order chi connectivity index (χ1) is 17.9. The van der Waals surface area contributed by atoms with Crippen LogP contribution in [0.4, 0.5) is 0 Å². The Kier molecular flexibility index (Phi) is 8.91. The van der Waals surface area contributed by atoms with Gasteiger partial charge in [-0.15, -0.1) is 0 Å². The molecule has 0 aliphatic carbocycles. The second-order valence-corrected chi connectivity index (χ2v) is 9.94. The highest BCUT2D eigenvalue weighted by Crippen LogP contribution is 2.26. The van der Waals surface area contributed by atoms with Gasteiger partial charge in [-0.3, -0.25) is 10.1 Å². The number of nitrogens with zero attached hydrogens (tertiary/aromatic N) is 2. The summed E-state index contributed by atoms with van der Waals surface area (Å²) in [5.74, 6) is 0.752. The summed E-state index contributed by atoms with van der Waals surface area (Å²) in [7, 11) is -3.73. The van der Waals surface area contributed by atoms with Crippen molar-refractivity contribution in [3.63, 3.8) is 0 Å². The molecule has 1 unspecified atom stereocenters. The molecule has 10 heteroatoms. The molecule has 192 valence electrons. The predicted molar refractivity (Wildman–Crippen MR) is 142 cm³/mol. The van der Waals surface area contributed by atoms with Crippen LogP contribution in [0.1, 0.15) is 41.6 Å². The molecule has 9 nitrogen and oxygen atoms in total. The molecule has 0 radical (unpaired) electrons. The van der Waals surface area contributed by atoms with E-state index in [-0.39, 0.29) is 24.9 Å². The number of Topliss-reactive ketones (excluding diaryl/α,β-unsaturated/α-hetero) is 1. The highest BCUT2D eigenvalue weighted by Gasteiger charge is 2.21. The molecule has 4 rings (SSSR count). The number of rotatable bonds is 13. The van der Waals surface area contributed by atoms with E-state index in [1.807, 2.05) is 72.8 Å². The molecule has 0 saturated heterocycles. The fourth-order valence-corrected chi connectivity index (χ4v) is 4.33. The molecular formula is C27H29N5O4S. The van der Waals surface area contributed by atoms with Crippen LogP contribution >= 0.6 is 0 Å². The van der Waals surface area contributed by atoms with Gasteiger partial charge in [-0.1, -0.05) is 90.4 Å². The maximum Gasteiger partial charge on any atom is 0.274 e. The van der Waals surface area contributed by atoms with Crippen LogP contribution in [0, 0.1) is 0 Å². The number of carbonyl (C=O) groups is 1. The first-order valence-corrected chi connectivity index (χ1v) is 13.5. The van der Waals surface area contributed by atoms with Crippen LogP contribution in [0.3, 0.4) is 0 Å². The van der Waals surface area contributed by atoms with Gasteiger partial charge in [0.1, 0.15) is 0 Å². The van der Waals surface area contributed by atoms with Gasteiger partial charge in [0.15, 0.2) is 5.78 Å². The minimum atomic E-state index is -3.73. The number of carbonyl (C=O) groups excluding carboxylic acids is 1. The van der Waals surface area contributed by atoms with E-state index in [9.17, 15) is 13.2 Å².